The summed E-state index contributed by atoms with van der Waals surface area (Å²) < 4.78 is 21.1. The van der Waals surface area contributed by atoms with Crippen LogP contribution in [0, 0.1) is 5.82 Å². The van der Waals surface area contributed by atoms with Crippen molar-refractivity contribution in [3.05, 3.63) is 107 Å². The van der Waals surface area contributed by atoms with Crippen molar-refractivity contribution in [1.82, 2.24) is 14.8 Å². The summed E-state index contributed by atoms with van der Waals surface area (Å²) in [7, 11) is 1.52. The number of aromatic carboxylic acids is 1. The summed E-state index contributed by atoms with van der Waals surface area (Å²) in [5.74, 6) is -0.522. The minimum atomic E-state index is -1.05. The lowest BCUT2D eigenvalue weighted by Crippen LogP contribution is -2.31. The number of hydrogen-bond donors (Lipinski definition) is 3. The lowest BCUT2D eigenvalue weighted by atomic mass is 9.94. The largest absolute Gasteiger partial charge is 0.495 e. The molecule has 5 rings (SSSR count). The third-order valence-corrected chi connectivity index (χ3v) is 7.11. The molecule has 1 unspecified atom stereocenters. The van der Waals surface area contributed by atoms with Crippen molar-refractivity contribution in [2.45, 2.75) is 23.9 Å². The number of thioether (sulfide) groups is 1. The van der Waals surface area contributed by atoms with Gasteiger partial charge in [-0.1, -0.05) is 54.2 Å². The summed E-state index contributed by atoms with van der Waals surface area (Å²) in [6.45, 7) is 1.76. The van der Waals surface area contributed by atoms with Crippen LogP contribution < -0.4 is 15.4 Å². The number of hydrogen-bond acceptors (Lipinski definition) is 7. The predicted molar refractivity (Wildman–Crippen MR) is 145 cm³/mol. The molecule has 1 atom stereocenters. The summed E-state index contributed by atoms with van der Waals surface area (Å²) in [5, 5.41) is 20.5. The van der Waals surface area contributed by atoms with Crippen LogP contribution in [0.4, 0.5) is 16.0 Å². The molecule has 39 heavy (non-hydrogen) atoms. The number of carbonyl (C=O) groups excluding carboxylic acids is 1. The monoisotopic (exact) mass is 545 g/mol. The van der Waals surface area contributed by atoms with Crippen LogP contribution in [0.2, 0.25) is 0 Å². The van der Waals surface area contributed by atoms with E-state index in [-0.39, 0.29) is 11.4 Å². The lowest BCUT2D eigenvalue weighted by molar-refractivity contribution is -0.113. The standard InChI is InChI=1S/C28H24FN5O4S/c1-16-23(25(35)31-21-9-5-6-10-22(21)38-2)24(17-11-13-18(14-12-17)26(36)37)34-27(30-16)32-28(33-34)39-15-19-7-3-4-8-20(19)29/h3-14,24H,15H2,1-2H3,(H,31,35)(H,36,37)(H,30,32,33). The topological polar surface area (TPSA) is 118 Å². The molecule has 1 aromatic heterocycles. The number of anilines is 2. The Morgan fingerprint density at radius 3 is 2.54 bits per heavy atom. The predicted octanol–water partition coefficient (Wildman–Crippen LogP) is 5.34. The highest BCUT2D eigenvalue weighted by molar-refractivity contribution is 7.98. The van der Waals surface area contributed by atoms with Gasteiger partial charge in [0.15, 0.2) is 0 Å². The van der Waals surface area contributed by atoms with Crippen molar-refractivity contribution < 1.29 is 23.8 Å². The summed E-state index contributed by atoms with van der Waals surface area (Å²) in [6, 6.07) is 19.1. The van der Waals surface area contributed by atoms with E-state index in [1.165, 1.54) is 37.1 Å². The van der Waals surface area contributed by atoms with E-state index in [0.29, 0.717) is 50.7 Å². The SMILES string of the molecule is COc1ccccc1NC(=O)C1=C(C)Nc2nc(SCc3ccccc3F)nn2C1c1ccc(C(=O)O)cc1. The molecule has 3 N–H and O–H groups in total. The number of rotatable bonds is 8. The number of nitrogens with zero attached hydrogens (tertiary/aromatic N) is 3. The number of allylic oxidation sites excluding steroid dienone is 1. The Labute approximate surface area is 227 Å². The summed E-state index contributed by atoms with van der Waals surface area (Å²) in [6.07, 6.45) is 0. The van der Waals surface area contributed by atoms with Gasteiger partial charge in [-0.05, 0) is 48.4 Å². The Balaban J connectivity index is 1.52. The Hall–Kier alpha value is -4.64. The van der Waals surface area contributed by atoms with Crippen LogP contribution in [0.3, 0.4) is 0 Å². The maximum atomic E-state index is 14.1. The van der Waals surface area contributed by atoms with Gasteiger partial charge in [0, 0.05) is 11.4 Å². The lowest BCUT2D eigenvalue weighted by Gasteiger charge is -2.28. The smallest absolute Gasteiger partial charge is 0.335 e. The summed E-state index contributed by atoms with van der Waals surface area (Å²) >= 11 is 1.27. The van der Waals surface area contributed by atoms with Crippen molar-refractivity contribution in [3.63, 3.8) is 0 Å². The van der Waals surface area contributed by atoms with Crippen LogP contribution in [0.25, 0.3) is 0 Å². The molecule has 198 valence electrons. The minimum Gasteiger partial charge on any atom is -0.495 e. The number of ether oxygens (including phenoxy) is 1. The van der Waals surface area contributed by atoms with Crippen LogP contribution in [-0.4, -0.2) is 38.9 Å². The van der Waals surface area contributed by atoms with Gasteiger partial charge in [-0.15, -0.1) is 5.10 Å². The zero-order chi connectivity index (χ0) is 27.5. The fourth-order valence-corrected chi connectivity index (χ4v) is 5.11. The van der Waals surface area contributed by atoms with Crippen LogP contribution in [0.5, 0.6) is 5.75 Å². The third kappa shape index (κ3) is 5.34. The van der Waals surface area contributed by atoms with Crippen LogP contribution in [0.1, 0.15) is 34.5 Å². The number of aromatic nitrogens is 3. The number of carboxylic acids is 1. The molecule has 1 aliphatic rings. The summed E-state index contributed by atoms with van der Waals surface area (Å²) in [5.41, 5.74) is 2.70. The van der Waals surface area contributed by atoms with E-state index < -0.39 is 17.9 Å². The number of halogens is 1. The summed E-state index contributed by atoms with van der Waals surface area (Å²) in [4.78, 5) is 29.7. The Bertz CT molecular complexity index is 1590. The van der Waals surface area contributed by atoms with Crippen molar-refractivity contribution in [2.24, 2.45) is 0 Å². The minimum absolute atomic E-state index is 0.119. The van der Waals surface area contributed by atoms with Gasteiger partial charge in [0.1, 0.15) is 17.6 Å². The van der Waals surface area contributed by atoms with Crippen molar-refractivity contribution in [2.75, 3.05) is 17.7 Å². The van der Waals surface area contributed by atoms with Gasteiger partial charge in [-0.25, -0.2) is 13.9 Å². The molecule has 0 fully saturated rings. The highest BCUT2D eigenvalue weighted by Gasteiger charge is 2.35. The fourth-order valence-electron chi connectivity index (χ4n) is 4.30. The number of amides is 1. The van der Waals surface area contributed by atoms with E-state index in [9.17, 15) is 19.1 Å². The Morgan fingerprint density at radius 2 is 1.82 bits per heavy atom. The second-order valence-corrected chi connectivity index (χ2v) is 9.63. The quantitative estimate of drug-likeness (QED) is 0.254. The molecule has 2 heterocycles. The zero-order valence-electron chi connectivity index (χ0n) is 21.0. The van der Waals surface area contributed by atoms with Gasteiger partial charge < -0.3 is 20.5 Å². The normalized spacial score (nSPS) is 14.4. The third-order valence-electron chi connectivity index (χ3n) is 6.22. The van der Waals surface area contributed by atoms with Crippen LogP contribution in [0.15, 0.2) is 89.2 Å². The molecule has 1 aliphatic heterocycles. The molecule has 11 heteroatoms. The van der Waals surface area contributed by atoms with E-state index in [0.717, 1.165) is 0 Å². The van der Waals surface area contributed by atoms with Gasteiger partial charge in [0.25, 0.3) is 5.91 Å². The van der Waals surface area contributed by atoms with Gasteiger partial charge >= 0.3 is 5.97 Å². The average molecular weight is 546 g/mol. The Morgan fingerprint density at radius 1 is 1.10 bits per heavy atom. The van der Waals surface area contributed by atoms with E-state index in [2.05, 4.69) is 20.7 Å². The highest BCUT2D eigenvalue weighted by Crippen LogP contribution is 2.38. The molecule has 0 bridgehead atoms. The number of carbonyl (C=O) groups is 2. The number of carboxylic acid groups (broad SMARTS) is 1. The van der Waals surface area contributed by atoms with E-state index >= 15 is 0 Å². The number of nitrogens with one attached hydrogen (secondary N) is 2. The number of para-hydroxylation sites is 2. The molecular formula is C28H24FN5O4S. The Kier molecular flexibility index (Phi) is 7.33. The number of fused-ring (bicyclic) bond motifs is 1. The number of methoxy groups -OCH3 is 1. The van der Waals surface area contributed by atoms with E-state index in [1.807, 2.05) is 0 Å². The van der Waals surface area contributed by atoms with Gasteiger partial charge in [-0.2, -0.15) is 4.98 Å². The molecule has 0 radical (unpaired) electrons. The van der Waals surface area contributed by atoms with Crippen molar-refractivity contribution in [3.8, 4) is 5.75 Å². The van der Waals surface area contributed by atoms with E-state index in [1.54, 1.807) is 66.2 Å². The molecule has 0 spiro atoms. The molecule has 9 nitrogen and oxygen atoms in total. The van der Waals surface area contributed by atoms with Gasteiger partial charge in [-0.3, -0.25) is 4.79 Å². The maximum Gasteiger partial charge on any atom is 0.335 e. The first kappa shape index (κ1) is 26.0. The average Bonchev–Trinajstić information content (AvgIpc) is 3.34. The molecule has 1 amide bonds. The molecular weight excluding hydrogens is 521 g/mol. The van der Waals surface area contributed by atoms with Gasteiger partial charge in [0.05, 0.1) is 23.9 Å². The van der Waals surface area contributed by atoms with Crippen LogP contribution in [-0.2, 0) is 10.5 Å². The van der Waals surface area contributed by atoms with Gasteiger partial charge in [0.2, 0.25) is 11.1 Å². The molecule has 4 aromatic rings. The fraction of sp³-hybridized carbons (Fsp3) is 0.143. The first-order chi connectivity index (χ1) is 18.9. The second-order valence-electron chi connectivity index (χ2n) is 8.69. The molecule has 0 saturated heterocycles. The van der Waals surface area contributed by atoms with Crippen molar-refractivity contribution >= 4 is 35.3 Å². The zero-order valence-corrected chi connectivity index (χ0v) is 21.8. The van der Waals surface area contributed by atoms with Crippen molar-refractivity contribution in [1.29, 1.82) is 0 Å². The first-order valence-corrected chi connectivity index (χ1v) is 12.9. The second kappa shape index (κ2) is 11.0. The molecule has 0 aliphatic carbocycles. The maximum absolute atomic E-state index is 14.1. The molecule has 3 aromatic carbocycles. The van der Waals surface area contributed by atoms with Crippen LogP contribution >= 0.6 is 11.8 Å². The molecule has 0 saturated carbocycles. The first-order valence-electron chi connectivity index (χ1n) is 11.9. The highest BCUT2D eigenvalue weighted by atomic mass is 32.2. The number of benzene rings is 3. The van der Waals surface area contributed by atoms with E-state index in [4.69, 9.17) is 4.74 Å².